The Morgan fingerprint density at radius 1 is 0.953 bits per heavy atom. The molecule has 1 spiro atoms. The van der Waals surface area contributed by atoms with Crippen molar-refractivity contribution in [2.24, 2.45) is 24.3 Å². The number of nitrogens with zero attached hydrogens (tertiary/aromatic N) is 8. The second kappa shape index (κ2) is 16.4. The monoisotopic (exact) mass is 874 g/mol. The van der Waals surface area contributed by atoms with Crippen LogP contribution in [0.3, 0.4) is 0 Å². The minimum absolute atomic E-state index is 0.0283. The van der Waals surface area contributed by atoms with E-state index in [1.807, 2.05) is 24.9 Å². The summed E-state index contributed by atoms with van der Waals surface area (Å²) in [4.78, 5) is 67.0. The van der Waals surface area contributed by atoms with Crippen molar-refractivity contribution in [1.82, 2.24) is 39.4 Å². The van der Waals surface area contributed by atoms with Crippen molar-refractivity contribution in [3.63, 3.8) is 0 Å². The first-order valence-corrected chi connectivity index (χ1v) is 22.3. The zero-order chi connectivity index (χ0) is 44.4. The Labute approximate surface area is 369 Å². The molecule has 8 heterocycles. The van der Waals surface area contributed by atoms with Crippen LogP contribution in [0.5, 0.6) is 5.88 Å². The van der Waals surface area contributed by atoms with E-state index in [-0.39, 0.29) is 47.5 Å². The number of anilines is 2. The van der Waals surface area contributed by atoms with Crippen molar-refractivity contribution in [1.29, 1.82) is 0 Å². The maximum Gasteiger partial charge on any atom is 0.258 e. The zero-order valence-corrected chi connectivity index (χ0v) is 36.3. The second-order valence-electron chi connectivity index (χ2n) is 18.7. The lowest BCUT2D eigenvalue weighted by molar-refractivity contribution is -0.152. The van der Waals surface area contributed by atoms with Crippen LogP contribution in [-0.4, -0.2) is 104 Å². The largest absolute Gasteiger partial charge is 0.477 e. The van der Waals surface area contributed by atoms with E-state index in [2.05, 4.69) is 44.3 Å². The summed E-state index contributed by atoms with van der Waals surface area (Å²) in [6, 6.07) is 12.3. The molecule has 0 saturated carbocycles. The number of carbonyl (C=O) groups is 4. The number of imidazole rings is 1. The number of benzene rings is 2. The van der Waals surface area contributed by atoms with E-state index >= 15 is 8.78 Å². The third-order valence-corrected chi connectivity index (χ3v) is 13.9. The molecule has 2 N–H and O–H groups in total. The Kier molecular flexibility index (Phi) is 10.7. The standard InChI is InChI=1S/C47H52F2N10O5/c1-27-5-4-14-64-45-34(20-50-55(45)3)38-17-30(15-28(2)51-38)42(61)54-46-52-37-8-6-29(16-39(37)59(46)21-27)22-56-12-10-47(11-13-56)25-58(26-47)44(63)31-23-57(24-31)32-18-35(48)41(36(49)19-32)33-7-9-40(60)53-43(33)62/h6,8,15-20,27,31,33H,4-5,7,9-14,21-26H2,1-3H3,(H,52,54,61)(H,53,60,62)/t27-,33-/m1/s1. The number of likely N-dealkylation sites (tertiary alicyclic amines) is 2. The Morgan fingerprint density at radius 3 is 2.47 bits per heavy atom. The summed E-state index contributed by atoms with van der Waals surface area (Å²) in [6.45, 7) is 10.1. The molecule has 5 aromatic rings. The molecule has 3 aromatic heterocycles. The fraction of sp³-hybridized carbons (Fsp3) is 0.468. The van der Waals surface area contributed by atoms with Gasteiger partial charge in [0, 0.05) is 80.7 Å². The molecule has 4 fully saturated rings. The number of rotatable bonds is 5. The molecule has 5 aliphatic heterocycles. The maximum absolute atomic E-state index is 15.2. The summed E-state index contributed by atoms with van der Waals surface area (Å²) < 4.78 is 40.4. The van der Waals surface area contributed by atoms with E-state index in [0.717, 1.165) is 61.9 Å². The number of halogens is 2. The first-order chi connectivity index (χ1) is 30.8. The van der Waals surface area contributed by atoms with Crippen LogP contribution < -0.4 is 20.3 Å². The molecule has 2 aromatic carbocycles. The predicted molar refractivity (Wildman–Crippen MR) is 233 cm³/mol. The molecule has 2 atom stereocenters. The summed E-state index contributed by atoms with van der Waals surface area (Å²) in [6.07, 6.45) is 5.54. The van der Waals surface area contributed by atoms with Crippen molar-refractivity contribution in [2.75, 3.05) is 56.1 Å². The number of aryl methyl sites for hydroxylation is 2. The number of piperidine rings is 2. The van der Waals surface area contributed by atoms with Crippen molar-refractivity contribution < 1.29 is 32.7 Å². The molecule has 0 radical (unpaired) electrons. The van der Waals surface area contributed by atoms with Crippen LogP contribution >= 0.6 is 0 Å². The average Bonchev–Trinajstić information content (AvgIpc) is 3.76. The van der Waals surface area contributed by atoms with Crippen molar-refractivity contribution in [3.8, 4) is 17.1 Å². The minimum atomic E-state index is -1.05. The Morgan fingerprint density at radius 2 is 1.72 bits per heavy atom. The molecule has 2 bridgehead atoms. The summed E-state index contributed by atoms with van der Waals surface area (Å²) in [5, 5.41) is 9.70. The van der Waals surface area contributed by atoms with E-state index < -0.39 is 29.4 Å². The molecule has 64 heavy (non-hydrogen) atoms. The van der Waals surface area contributed by atoms with E-state index in [0.29, 0.717) is 73.8 Å². The summed E-state index contributed by atoms with van der Waals surface area (Å²) in [5.41, 5.74) is 5.61. The number of hydrogen-bond acceptors (Lipinski definition) is 10. The number of imide groups is 1. The van der Waals surface area contributed by atoms with Gasteiger partial charge in [0.25, 0.3) is 5.91 Å². The van der Waals surface area contributed by atoms with Gasteiger partial charge in [-0.25, -0.2) is 18.4 Å². The fourth-order valence-electron chi connectivity index (χ4n) is 10.3. The van der Waals surface area contributed by atoms with Gasteiger partial charge in [0.1, 0.15) is 11.6 Å². The van der Waals surface area contributed by atoms with Crippen LogP contribution in [0.15, 0.2) is 48.7 Å². The molecule has 4 saturated heterocycles. The third-order valence-electron chi connectivity index (χ3n) is 13.9. The second-order valence-corrected chi connectivity index (χ2v) is 18.7. The highest BCUT2D eigenvalue weighted by atomic mass is 19.1. The molecule has 10 rings (SSSR count). The SMILES string of the molecule is Cc1cc2cc(n1)-c1cnn(C)c1OCCC[C@@H](C)Cn1c(nc3ccc(CN4CCC5(CC4)CN(C(=O)C4CN(c6cc(F)c([C@H]7CCC(=O)NC7=O)c(F)c6)C4)C5)cc31)NC2=O. The lowest BCUT2D eigenvalue weighted by Crippen LogP contribution is -2.65. The fourth-order valence-corrected chi connectivity index (χ4v) is 10.3. The van der Waals surface area contributed by atoms with Gasteiger partial charge >= 0.3 is 0 Å². The van der Waals surface area contributed by atoms with Gasteiger partial charge in [0.2, 0.25) is 29.5 Å². The quantitative estimate of drug-likeness (QED) is 0.214. The Hall–Kier alpha value is -6.23. The first kappa shape index (κ1) is 41.8. The normalized spacial score (nSPS) is 21.8. The maximum atomic E-state index is 15.2. The van der Waals surface area contributed by atoms with Gasteiger partial charge in [0.05, 0.1) is 46.9 Å². The van der Waals surface area contributed by atoms with Gasteiger partial charge in [0.15, 0.2) is 0 Å². The van der Waals surface area contributed by atoms with Crippen LogP contribution in [0.4, 0.5) is 20.4 Å². The first-order valence-electron chi connectivity index (χ1n) is 22.3. The van der Waals surface area contributed by atoms with Gasteiger partial charge in [-0.2, -0.15) is 5.10 Å². The van der Waals surface area contributed by atoms with E-state index in [1.165, 1.54) is 17.7 Å². The highest BCUT2D eigenvalue weighted by molar-refractivity contribution is 6.05. The number of fused-ring (bicyclic) bond motifs is 7. The molecule has 334 valence electrons. The van der Waals surface area contributed by atoms with E-state index in [1.54, 1.807) is 27.9 Å². The molecule has 4 amide bonds. The van der Waals surface area contributed by atoms with Crippen LogP contribution in [0.25, 0.3) is 22.3 Å². The molecular weight excluding hydrogens is 823 g/mol. The molecule has 0 aliphatic carbocycles. The minimum Gasteiger partial charge on any atom is -0.477 e. The predicted octanol–water partition coefficient (Wildman–Crippen LogP) is 5.56. The van der Waals surface area contributed by atoms with E-state index in [9.17, 15) is 19.2 Å². The number of ether oxygens (including phenoxy) is 1. The van der Waals surface area contributed by atoms with E-state index in [4.69, 9.17) is 14.7 Å². The van der Waals surface area contributed by atoms with Crippen LogP contribution in [0.1, 0.15) is 78.5 Å². The highest BCUT2D eigenvalue weighted by Crippen LogP contribution is 2.43. The molecular formula is C47H52F2N10O5. The number of pyridine rings is 1. The van der Waals surface area contributed by atoms with Gasteiger partial charge < -0.3 is 19.1 Å². The van der Waals surface area contributed by atoms with Gasteiger partial charge in [-0.3, -0.25) is 39.7 Å². The summed E-state index contributed by atoms with van der Waals surface area (Å²) >= 11 is 0. The molecule has 0 unspecified atom stereocenters. The van der Waals surface area contributed by atoms with Crippen molar-refractivity contribution in [3.05, 3.63) is 82.7 Å². The topological polar surface area (TPSA) is 160 Å². The Bertz CT molecular complexity index is 2670. The Balaban J connectivity index is 0.758. The number of carbonyl (C=O) groups excluding carboxylic acids is 4. The third kappa shape index (κ3) is 7.87. The highest BCUT2D eigenvalue weighted by Gasteiger charge is 2.49. The van der Waals surface area contributed by atoms with Crippen LogP contribution in [-0.2, 0) is 34.5 Å². The molecule has 5 aliphatic rings. The summed E-state index contributed by atoms with van der Waals surface area (Å²) in [5.74, 6) is -2.86. The number of nitrogens with one attached hydrogen (secondary N) is 2. The molecule has 17 heteroatoms. The molecule has 15 nitrogen and oxygen atoms in total. The number of amides is 4. The lowest BCUT2D eigenvalue weighted by atomic mass is 9.71. The van der Waals surface area contributed by atoms with Gasteiger partial charge in [-0.15, -0.1) is 0 Å². The van der Waals surface area contributed by atoms with Gasteiger partial charge in [-0.05, 0) is 100.0 Å². The number of aromatic nitrogens is 5. The lowest BCUT2D eigenvalue weighted by Gasteiger charge is -2.55. The smallest absolute Gasteiger partial charge is 0.258 e. The van der Waals surface area contributed by atoms with Crippen molar-refractivity contribution >= 4 is 46.3 Å². The van der Waals surface area contributed by atoms with Crippen molar-refractivity contribution in [2.45, 2.75) is 71.4 Å². The van der Waals surface area contributed by atoms with Crippen LogP contribution in [0, 0.1) is 35.8 Å². The van der Waals surface area contributed by atoms with Crippen LogP contribution in [0.2, 0.25) is 0 Å². The van der Waals surface area contributed by atoms with Gasteiger partial charge in [-0.1, -0.05) is 13.0 Å². The average molecular weight is 875 g/mol. The summed E-state index contributed by atoms with van der Waals surface area (Å²) in [7, 11) is 1.84. The number of hydrogen-bond donors (Lipinski definition) is 2. The zero-order valence-electron chi connectivity index (χ0n) is 36.3.